The highest BCUT2D eigenvalue weighted by molar-refractivity contribution is 7.89. The van der Waals surface area contributed by atoms with E-state index < -0.39 is 26.7 Å². The number of benzene rings is 1. The van der Waals surface area contributed by atoms with E-state index in [1.54, 1.807) is 0 Å². The second kappa shape index (κ2) is 4.28. The predicted molar refractivity (Wildman–Crippen MR) is 65.9 cm³/mol. The van der Waals surface area contributed by atoms with E-state index in [0.717, 1.165) is 18.2 Å². The zero-order chi connectivity index (χ0) is 14.4. The fourth-order valence-corrected chi connectivity index (χ4v) is 3.27. The molecule has 1 saturated carbocycles. The summed E-state index contributed by atoms with van der Waals surface area (Å²) in [5, 5.41) is 8.81. The number of nitrogens with one attached hydrogen (secondary N) is 1. The fraction of sp³-hybridized carbons (Fsp3) is 0.417. The molecule has 2 N–H and O–H groups in total. The van der Waals surface area contributed by atoms with Crippen molar-refractivity contribution < 1.29 is 22.7 Å². The van der Waals surface area contributed by atoms with Gasteiger partial charge in [-0.15, -0.1) is 0 Å². The van der Waals surface area contributed by atoms with Gasteiger partial charge in [-0.3, -0.25) is 0 Å². The highest BCUT2D eigenvalue weighted by Crippen LogP contribution is 2.45. The summed E-state index contributed by atoms with van der Waals surface area (Å²) in [6.45, 7) is 3.79. The lowest BCUT2D eigenvalue weighted by atomic mass is 10.2. The third-order valence-electron chi connectivity index (χ3n) is 3.28. The molecule has 0 bridgehead atoms. The molecule has 104 valence electrons. The third-order valence-corrected chi connectivity index (χ3v) is 4.77. The molecule has 0 aromatic heterocycles. The molecule has 1 aliphatic rings. The average molecular weight is 287 g/mol. The number of rotatable bonds is 4. The number of carboxylic acid groups (broad SMARTS) is 1. The average Bonchev–Trinajstić information content (AvgIpc) is 2.84. The van der Waals surface area contributed by atoms with E-state index in [4.69, 9.17) is 5.11 Å². The molecule has 7 heteroatoms. The van der Waals surface area contributed by atoms with Crippen molar-refractivity contribution in [2.75, 3.05) is 0 Å². The lowest BCUT2D eigenvalue weighted by molar-refractivity contribution is 0.0696. The van der Waals surface area contributed by atoms with E-state index in [1.807, 2.05) is 13.8 Å². The molecule has 0 radical (unpaired) electrons. The van der Waals surface area contributed by atoms with Crippen molar-refractivity contribution >= 4 is 16.0 Å². The monoisotopic (exact) mass is 287 g/mol. The Morgan fingerprint density at radius 2 is 2.05 bits per heavy atom. The van der Waals surface area contributed by atoms with Gasteiger partial charge in [-0.1, -0.05) is 13.8 Å². The van der Waals surface area contributed by atoms with Crippen LogP contribution in [0, 0.1) is 11.2 Å². The summed E-state index contributed by atoms with van der Waals surface area (Å²) in [5.74, 6) is -2.26. The van der Waals surface area contributed by atoms with Crippen LogP contribution in [-0.4, -0.2) is 25.5 Å². The van der Waals surface area contributed by atoms with E-state index in [-0.39, 0.29) is 17.0 Å². The van der Waals surface area contributed by atoms with Gasteiger partial charge < -0.3 is 5.11 Å². The van der Waals surface area contributed by atoms with Gasteiger partial charge in [-0.25, -0.2) is 22.3 Å². The molecule has 0 heterocycles. The highest BCUT2D eigenvalue weighted by Gasteiger charge is 2.48. The summed E-state index contributed by atoms with van der Waals surface area (Å²) >= 11 is 0. The van der Waals surface area contributed by atoms with Gasteiger partial charge in [0.2, 0.25) is 10.0 Å². The number of halogens is 1. The molecule has 1 aliphatic carbocycles. The van der Waals surface area contributed by atoms with Crippen LogP contribution in [0.4, 0.5) is 4.39 Å². The Hall–Kier alpha value is -1.47. The quantitative estimate of drug-likeness (QED) is 0.881. The Balaban J connectivity index is 2.35. The fourth-order valence-electron chi connectivity index (χ4n) is 1.76. The lowest BCUT2D eigenvalue weighted by Gasteiger charge is -2.09. The van der Waals surface area contributed by atoms with Crippen LogP contribution in [0.5, 0.6) is 0 Å². The maximum atomic E-state index is 13.6. The van der Waals surface area contributed by atoms with Crippen molar-refractivity contribution in [3.63, 3.8) is 0 Å². The molecule has 19 heavy (non-hydrogen) atoms. The van der Waals surface area contributed by atoms with Crippen LogP contribution < -0.4 is 4.72 Å². The van der Waals surface area contributed by atoms with E-state index in [9.17, 15) is 17.6 Å². The Morgan fingerprint density at radius 3 is 2.53 bits per heavy atom. The maximum Gasteiger partial charge on any atom is 0.335 e. The molecule has 1 aromatic carbocycles. The van der Waals surface area contributed by atoms with Crippen LogP contribution in [0.2, 0.25) is 0 Å². The summed E-state index contributed by atoms with van der Waals surface area (Å²) < 4.78 is 40.0. The van der Waals surface area contributed by atoms with Crippen molar-refractivity contribution in [3.05, 3.63) is 29.6 Å². The topological polar surface area (TPSA) is 83.5 Å². The first kappa shape index (κ1) is 14.0. The Kier molecular flexibility index (Phi) is 3.14. The highest BCUT2D eigenvalue weighted by atomic mass is 32.2. The van der Waals surface area contributed by atoms with Gasteiger partial charge in [-0.2, -0.15) is 0 Å². The molecule has 0 spiro atoms. The minimum absolute atomic E-state index is 0.145. The van der Waals surface area contributed by atoms with Crippen molar-refractivity contribution in [2.24, 2.45) is 5.41 Å². The molecule has 1 aromatic rings. The largest absolute Gasteiger partial charge is 0.478 e. The number of aromatic carboxylic acids is 1. The molecular formula is C12H14FNO4S. The predicted octanol–water partition coefficient (Wildman–Crippen LogP) is 1.60. The van der Waals surface area contributed by atoms with Gasteiger partial charge in [0.05, 0.1) is 5.56 Å². The maximum absolute atomic E-state index is 13.6. The summed E-state index contributed by atoms with van der Waals surface area (Å²) in [5.41, 5.74) is -0.412. The van der Waals surface area contributed by atoms with Crippen LogP contribution in [0.15, 0.2) is 23.1 Å². The van der Waals surface area contributed by atoms with Gasteiger partial charge in [0.15, 0.2) is 0 Å². The number of carboxylic acids is 1. The Bertz CT molecular complexity index is 639. The van der Waals surface area contributed by atoms with Gasteiger partial charge in [0.25, 0.3) is 0 Å². The van der Waals surface area contributed by atoms with Crippen molar-refractivity contribution in [3.8, 4) is 0 Å². The molecule has 0 saturated heterocycles. The molecule has 0 aliphatic heterocycles. The lowest BCUT2D eigenvalue weighted by Crippen LogP contribution is -2.29. The van der Waals surface area contributed by atoms with Crippen LogP contribution in [0.25, 0.3) is 0 Å². The molecular weight excluding hydrogens is 273 g/mol. The van der Waals surface area contributed by atoms with Gasteiger partial charge in [0, 0.05) is 6.04 Å². The zero-order valence-electron chi connectivity index (χ0n) is 10.5. The summed E-state index contributed by atoms with van der Waals surface area (Å²) in [7, 11) is -4.04. The van der Waals surface area contributed by atoms with E-state index >= 15 is 0 Å². The Labute approximate surface area is 110 Å². The first-order valence-corrected chi connectivity index (χ1v) is 7.17. The number of sulfonamides is 1. The van der Waals surface area contributed by atoms with Crippen molar-refractivity contribution in [1.82, 2.24) is 4.72 Å². The van der Waals surface area contributed by atoms with Crippen LogP contribution in [-0.2, 0) is 10.0 Å². The first-order chi connectivity index (χ1) is 8.63. The normalized spacial score (nSPS) is 21.1. The third kappa shape index (κ3) is 2.76. The van der Waals surface area contributed by atoms with E-state index in [0.29, 0.717) is 6.42 Å². The van der Waals surface area contributed by atoms with E-state index in [1.165, 1.54) is 0 Å². The van der Waals surface area contributed by atoms with Crippen LogP contribution in [0.3, 0.4) is 0 Å². The summed E-state index contributed by atoms with van der Waals surface area (Å²) in [6.07, 6.45) is 0.673. The summed E-state index contributed by atoms with van der Waals surface area (Å²) in [4.78, 5) is 10.2. The smallest absolute Gasteiger partial charge is 0.335 e. The number of carbonyl (C=O) groups is 1. The molecule has 1 unspecified atom stereocenters. The van der Waals surface area contributed by atoms with Crippen LogP contribution in [0.1, 0.15) is 30.6 Å². The number of hydrogen-bond donors (Lipinski definition) is 2. The van der Waals surface area contributed by atoms with Crippen molar-refractivity contribution in [1.29, 1.82) is 0 Å². The SMILES string of the molecule is CC1(C)CC1NS(=O)(=O)c1cc(C(=O)O)ccc1F. The Morgan fingerprint density at radius 1 is 1.47 bits per heavy atom. The number of hydrogen-bond acceptors (Lipinski definition) is 3. The van der Waals surface area contributed by atoms with E-state index in [2.05, 4.69) is 4.72 Å². The first-order valence-electron chi connectivity index (χ1n) is 5.69. The molecule has 5 nitrogen and oxygen atoms in total. The van der Waals surface area contributed by atoms with Gasteiger partial charge in [-0.05, 0) is 30.0 Å². The standard InChI is InChI=1S/C12H14FNO4S/c1-12(2)6-10(12)14-19(17,18)9-5-7(11(15)16)3-4-8(9)13/h3-5,10,14H,6H2,1-2H3,(H,15,16). The van der Waals surface area contributed by atoms with Crippen molar-refractivity contribution in [2.45, 2.75) is 31.2 Å². The second-order valence-corrected chi connectivity index (χ2v) is 7.00. The summed E-state index contributed by atoms with van der Waals surface area (Å²) in [6, 6.07) is 2.45. The van der Waals surface area contributed by atoms with Crippen LogP contribution >= 0.6 is 0 Å². The second-order valence-electron chi connectivity index (χ2n) is 5.32. The van der Waals surface area contributed by atoms with Gasteiger partial charge in [0.1, 0.15) is 10.7 Å². The molecule has 2 rings (SSSR count). The van der Waals surface area contributed by atoms with Gasteiger partial charge >= 0.3 is 5.97 Å². The minimum atomic E-state index is -4.04. The minimum Gasteiger partial charge on any atom is -0.478 e. The zero-order valence-corrected chi connectivity index (χ0v) is 11.3. The molecule has 1 atom stereocenters. The molecule has 0 amide bonds. The molecule has 1 fully saturated rings.